The first kappa shape index (κ1) is 21.5. The van der Waals surface area contributed by atoms with Gasteiger partial charge in [-0.2, -0.15) is 27.1 Å². The largest absolute Gasteiger partial charge is 0.453 e. The molecule has 14 heteroatoms. The van der Waals surface area contributed by atoms with Crippen LogP contribution < -0.4 is 11.1 Å². The van der Waals surface area contributed by atoms with Crippen LogP contribution in [-0.4, -0.2) is 48.5 Å². The number of alkyl halides is 5. The lowest BCUT2D eigenvalue weighted by Crippen LogP contribution is -2.36. The van der Waals surface area contributed by atoms with Crippen molar-refractivity contribution < 1.29 is 31.5 Å². The molecule has 9 nitrogen and oxygen atoms in total. The summed E-state index contributed by atoms with van der Waals surface area (Å²) in [5, 5.41) is 6.41. The molecule has 0 spiro atoms. The van der Waals surface area contributed by atoms with E-state index in [0.29, 0.717) is 0 Å². The second kappa shape index (κ2) is 7.17. The van der Waals surface area contributed by atoms with Crippen molar-refractivity contribution >= 4 is 23.1 Å². The summed E-state index contributed by atoms with van der Waals surface area (Å²) < 4.78 is 65.5. The Hall–Kier alpha value is -3.71. The first-order valence-corrected chi connectivity index (χ1v) is 9.17. The fourth-order valence-corrected chi connectivity index (χ4v) is 3.45. The summed E-state index contributed by atoms with van der Waals surface area (Å²) in [6.45, 7) is 1.52. The van der Waals surface area contributed by atoms with E-state index in [2.05, 4.69) is 25.4 Å². The zero-order chi connectivity index (χ0) is 23.4. The van der Waals surface area contributed by atoms with Crippen LogP contribution in [0.4, 0.5) is 27.8 Å². The molecule has 3 aromatic heterocycles. The van der Waals surface area contributed by atoms with Gasteiger partial charge in [0, 0.05) is 30.3 Å². The van der Waals surface area contributed by atoms with E-state index >= 15 is 0 Å². The molecule has 0 radical (unpaired) electrons. The molecule has 1 atom stereocenters. The Labute approximate surface area is 175 Å². The fourth-order valence-electron chi connectivity index (χ4n) is 3.45. The van der Waals surface area contributed by atoms with Gasteiger partial charge in [-0.15, -0.1) is 0 Å². The summed E-state index contributed by atoms with van der Waals surface area (Å²) in [6.07, 6.45) is -6.62. The van der Waals surface area contributed by atoms with Crippen molar-refractivity contribution in [3.8, 4) is 11.5 Å². The third-order valence-electron chi connectivity index (χ3n) is 4.98. The van der Waals surface area contributed by atoms with Gasteiger partial charge in [0.15, 0.2) is 5.82 Å². The van der Waals surface area contributed by atoms with Crippen molar-refractivity contribution in [2.24, 2.45) is 5.73 Å². The molecule has 0 saturated heterocycles. The standard InChI is InChI=1S/C18H14F5N7O2/c1-7-10-11(13(24)31)16(32)29-14(10)28-15(26-7)12-8-3-2-6-25-30(8)9(27-12)4-5-17(19,20)18(21,22)23/h2-3,6,11H,4-5H2,1H3,(H2,24,31)(H,26,28,29,32). The van der Waals surface area contributed by atoms with E-state index in [-0.39, 0.29) is 39.9 Å². The van der Waals surface area contributed by atoms with E-state index in [0.717, 1.165) is 4.52 Å². The Balaban J connectivity index is 1.77. The number of fused-ring (bicyclic) bond motifs is 2. The summed E-state index contributed by atoms with van der Waals surface area (Å²) in [7, 11) is 0. The topological polar surface area (TPSA) is 128 Å². The molecule has 1 aliphatic heterocycles. The van der Waals surface area contributed by atoms with E-state index in [4.69, 9.17) is 5.73 Å². The van der Waals surface area contributed by atoms with Crippen molar-refractivity contribution in [1.82, 2.24) is 24.6 Å². The number of rotatable bonds is 5. The highest BCUT2D eigenvalue weighted by atomic mass is 19.4. The molecular formula is C18H14F5N7O2. The van der Waals surface area contributed by atoms with Crippen LogP contribution in [0, 0.1) is 6.92 Å². The van der Waals surface area contributed by atoms with Gasteiger partial charge >= 0.3 is 12.1 Å². The van der Waals surface area contributed by atoms with Crippen molar-refractivity contribution in [3.63, 3.8) is 0 Å². The highest BCUT2D eigenvalue weighted by Crippen LogP contribution is 2.39. The quantitative estimate of drug-likeness (QED) is 0.448. The molecule has 168 valence electrons. The molecule has 32 heavy (non-hydrogen) atoms. The Morgan fingerprint density at radius 3 is 2.59 bits per heavy atom. The van der Waals surface area contributed by atoms with Gasteiger partial charge < -0.3 is 11.1 Å². The molecule has 1 aliphatic rings. The summed E-state index contributed by atoms with van der Waals surface area (Å²) >= 11 is 0. The van der Waals surface area contributed by atoms with E-state index in [1.807, 2.05) is 0 Å². The zero-order valence-corrected chi connectivity index (χ0v) is 16.2. The number of anilines is 1. The van der Waals surface area contributed by atoms with Crippen LogP contribution in [0.15, 0.2) is 18.3 Å². The average Bonchev–Trinajstić information content (AvgIpc) is 3.23. The normalized spacial score (nSPS) is 16.3. The van der Waals surface area contributed by atoms with Gasteiger partial charge in [-0.3, -0.25) is 9.59 Å². The number of carbonyl (C=O) groups is 2. The summed E-state index contributed by atoms with van der Waals surface area (Å²) in [5.41, 5.74) is 6.05. The highest BCUT2D eigenvalue weighted by molar-refractivity contribution is 6.15. The number of carbonyl (C=O) groups excluding carboxylic acids is 2. The first-order chi connectivity index (χ1) is 14.9. The molecule has 3 N–H and O–H groups in total. The lowest BCUT2D eigenvalue weighted by Gasteiger charge is -2.18. The van der Waals surface area contributed by atoms with Gasteiger partial charge in [0.25, 0.3) is 0 Å². The lowest BCUT2D eigenvalue weighted by atomic mass is 10.0. The maximum Gasteiger partial charge on any atom is 0.453 e. The fraction of sp³-hybridized carbons (Fsp3) is 0.333. The molecule has 0 bridgehead atoms. The third-order valence-corrected chi connectivity index (χ3v) is 4.98. The number of amides is 2. The monoisotopic (exact) mass is 455 g/mol. The SMILES string of the molecule is Cc1nc(-c2nc(CCC(F)(F)C(F)(F)F)n3ncccc23)nc2c1C(C(N)=O)C(=O)N2. The molecule has 0 fully saturated rings. The Morgan fingerprint density at radius 1 is 1.22 bits per heavy atom. The number of nitrogens with one attached hydrogen (secondary N) is 1. The number of hydrogen-bond donors (Lipinski definition) is 2. The average molecular weight is 455 g/mol. The van der Waals surface area contributed by atoms with Gasteiger partial charge in [0.05, 0.1) is 5.52 Å². The molecule has 1 unspecified atom stereocenters. The van der Waals surface area contributed by atoms with E-state index < -0.39 is 42.7 Å². The minimum atomic E-state index is -5.69. The second-order valence-electron chi connectivity index (χ2n) is 7.12. The zero-order valence-electron chi connectivity index (χ0n) is 16.2. The van der Waals surface area contributed by atoms with Crippen LogP contribution in [0.3, 0.4) is 0 Å². The molecular weight excluding hydrogens is 441 g/mol. The van der Waals surface area contributed by atoms with E-state index in [1.165, 1.54) is 25.3 Å². The number of nitrogens with two attached hydrogens (primary N) is 1. The molecule has 0 aliphatic carbocycles. The summed E-state index contributed by atoms with van der Waals surface area (Å²) in [6, 6.07) is 3.02. The van der Waals surface area contributed by atoms with Gasteiger partial charge in [0.1, 0.15) is 23.3 Å². The number of imidazole rings is 1. The molecule has 2 amide bonds. The van der Waals surface area contributed by atoms with Crippen LogP contribution in [0.2, 0.25) is 0 Å². The Kier molecular flexibility index (Phi) is 4.82. The number of hydrogen-bond acceptors (Lipinski definition) is 6. The number of primary amides is 1. The van der Waals surface area contributed by atoms with Crippen molar-refractivity contribution in [1.29, 1.82) is 0 Å². The van der Waals surface area contributed by atoms with Crippen LogP contribution in [0.1, 0.15) is 29.4 Å². The molecule has 4 heterocycles. The van der Waals surface area contributed by atoms with E-state index in [1.54, 1.807) is 0 Å². The summed E-state index contributed by atoms with van der Waals surface area (Å²) in [4.78, 5) is 36.3. The number of aromatic nitrogens is 5. The van der Waals surface area contributed by atoms with Crippen LogP contribution in [-0.2, 0) is 16.0 Å². The minimum Gasteiger partial charge on any atom is -0.369 e. The van der Waals surface area contributed by atoms with Gasteiger partial charge in [0.2, 0.25) is 11.8 Å². The molecule has 3 aromatic rings. The van der Waals surface area contributed by atoms with Crippen LogP contribution >= 0.6 is 0 Å². The second-order valence-corrected chi connectivity index (χ2v) is 7.12. The van der Waals surface area contributed by atoms with Crippen molar-refractivity contribution in [3.05, 3.63) is 35.4 Å². The molecule has 4 rings (SSSR count). The van der Waals surface area contributed by atoms with Gasteiger partial charge in [-0.25, -0.2) is 19.5 Å². The predicted molar refractivity (Wildman–Crippen MR) is 98.6 cm³/mol. The minimum absolute atomic E-state index is 0.0361. The Morgan fingerprint density at radius 2 is 1.94 bits per heavy atom. The predicted octanol–water partition coefficient (Wildman–Crippen LogP) is 2.15. The molecule has 0 aromatic carbocycles. The third kappa shape index (κ3) is 3.40. The number of nitrogens with zero attached hydrogens (tertiary/aromatic N) is 5. The van der Waals surface area contributed by atoms with Crippen molar-refractivity contribution in [2.45, 2.75) is 37.8 Å². The molecule has 0 saturated carbocycles. The summed E-state index contributed by atoms with van der Waals surface area (Å²) in [5.74, 6) is -7.87. The maximum atomic E-state index is 13.4. The highest BCUT2D eigenvalue weighted by Gasteiger charge is 2.56. The lowest BCUT2D eigenvalue weighted by molar-refractivity contribution is -0.284. The smallest absolute Gasteiger partial charge is 0.369 e. The number of aryl methyl sites for hydroxylation is 2. The number of halogens is 5. The maximum absolute atomic E-state index is 13.4. The van der Waals surface area contributed by atoms with Crippen LogP contribution in [0.25, 0.3) is 17.0 Å². The van der Waals surface area contributed by atoms with E-state index in [9.17, 15) is 31.5 Å². The van der Waals surface area contributed by atoms with Crippen LogP contribution in [0.5, 0.6) is 0 Å². The van der Waals surface area contributed by atoms with Gasteiger partial charge in [-0.1, -0.05) is 0 Å². The van der Waals surface area contributed by atoms with Crippen molar-refractivity contribution in [2.75, 3.05) is 5.32 Å². The Bertz CT molecular complexity index is 1250. The van der Waals surface area contributed by atoms with Gasteiger partial charge in [-0.05, 0) is 19.1 Å². The first-order valence-electron chi connectivity index (χ1n) is 9.17.